The number of carbonyl (C=O) groups excluding carboxylic acids is 1. The summed E-state index contributed by atoms with van der Waals surface area (Å²) in [6, 6.07) is 11.2. The van der Waals surface area contributed by atoms with Crippen molar-refractivity contribution in [2.75, 3.05) is 17.2 Å². The number of benzene rings is 2. The number of sulfonamides is 1. The zero-order valence-electron chi connectivity index (χ0n) is 15.5. The molecule has 2 rings (SSSR count). The predicted molar refractivity (Wildman–Crippen MR) is 103 cm³/mol. The average Bonchev–Trinajstić information content (AvgIpc) is 2.61. The molecule has 1 amide bonds. The summed E-state index contributed by atoms with van der Waals surface area (Å²) < 4.78 is 43.8. The Kier molecular flexibility index (Phi) is 6.79. The second kappa shape index (κ2) is 8.85. The van der Waals surface area contributed by atoms with Crippen molar-refractivity contribution in [2.45, 2.75) is 26.4 Å². The van der Waals surface area contributed by atoms with Crippen LogP contribution in [0.1, 0.15) is 19.4 Å². The van der Waals surface area contributed by atoms with Gasteiger partial charge >= 0.3 is 0 Å². The van der Waals surface area contributed by atoms with E-state index in [-0.39, 0.29) is 12.2 Å². The van der Waals surface area contributed by atoms with E-state index in [1.54, 1.807) is 12.1 Å². The van der Waals surface area contributed by atoms with Crippen LogP contribution in [-0.4, -0.2) is 33.2 Å². The highest BCUT2D eigenvalue weighted by atomic mass is 32.2. The number of ether oxygens (including phenoxy) is 1. The van der Waals surface area contributed by atoms with Gasteiger partial charge in [0.05, 0.1) is 18.6 Å². The van der Waals surface area contributed by atoms with Gasteiger partial charge < -0.3 is 10.1 Å². The van der Waals surface area contributed by atoms with Crippen LogP contribution in [0.5, 0.6) is 5.75 Å². The minimum absolute atomic E-state index is 0.225. The van der Waals surface area contributed by atoms with Crippen LogP contribution < -0.4 is 14.4 Å². The number of nitrogens with one attached hydrogen (secondary N) is 1. The van der Waals surface area contributed by atoms with Gasteiger partial charge in [-0.1, -0.05) is 12.1 Å². The van der Waals surface area contributed by atoms with E-state index in [0.29, 0.717) is 6.61 Å². The molecule has 0 aliphatic carbocycles. The number of hydrogen-bond acceptors (Lipinski definition) is 4. The summed E-state index contributed by atoms with van der Waals surface area (Å²) in [5.41, 5.74) is 1.08. The zero-order valence-corrected chi connectivity index (χ0v) is 16.3. The number of amides is 1. The summed E-state index contributed by atoms with van der Waals surface area (Å²) in [4.78, 5) is 12.5. The Bertz CT molecular complexity index is 868. The van der Waals surface area contributed by atoms with E-state index in [1.165, 1.54) is 19.1 Å². The Morgan fingerprint density at radius 1 is 1.15 bits per heavy atom. The number of hydrogen-bond donors (Lipinski definition) is 1. The van der Waals surface area contributed by atoms with Crippen molar-refractivity contribution in [3.8, 4) is 5.75 Å². The first-order chi connectivity index (χ1) is 12.7. The molecule has 2 aromatic carbocycles. The number of anilines is 1. The van der Waals surface area contributed by atoms with Crippen LogP contribution >= 0.6 is 0 Å². The molecule has 1 N–H and O–H groups in total. The molecule has 0 saturated heterocycles. The number of halogens is 1. The van der Waals surface area contributed by atoms with Crippen LogP contribution in [0.25, 0.3) is 0 Å². The highest BCUT2D eigenvalue weighted by Gasteiger charge is 2.28. The first-order valence-electron chi connectivity index (χ1n) is 8.46. The lowest BCUT2D eigenvalue weighted by Crippen LogP contribution is -2.47. The van der Waals surface area contributed by atoms with Crippen LogP contribution in [-0.2, 0) is 21.4 Å². The van der Waals surface area contributed by atoms with Gasteiger partial charge in [-0.25, -0.2) is 12.8 Å². The Hall–Kier alpha value is -2.61. The van der Waals surface area contributed by atoms with Crippen molar-refractivity contribution >= 4 is 21.6 Å². The molecule has 0 unspecified atom stereocenters. The van der Waals surface area contributed by atoms with Crippen molar-refractivity contribution in [3.63, 3.8) is 0 Å². The molecule has 0 fully saturated rings. The molecule has 0 radical (unpaired) electrons. The molecule has 2 aromatic rings. The number of nitrogens with zero attached hydrogens (tertiary/aromatic N) is 1. The Morgan fingerprint density at radius 3 is 2.26 bits per heavy atom. The molecule has 1 atom stereocenters. The fourth-order valence-corrected chi connectivity index (χ4v) is 3.78. The van der Waals surface area contributed by atoms with Crippen LogP contribution in [0.4, 0.5) is 10.1 Å². The van der Waals surface area contributed by atoms with Crippen molar-refractivity contribution in [1.29, 1.82) is 0 Å². The van der Waals surface area contributed by atoms with E-state index in [0.717, 1.165) is 34.0 Å². The maximum atomic E-state index is 13.1. The average molecular weight is 394 g/mol. The first-order valence-corrected chi connectivity index (χ1v) is 10.3. The summed E-state index contributed by atoms with van der Waals surface area (Å²) in [6.45, 7) is 4.19. The largest absolute Gasteiger partial charge is 0.494 e. The van der Waals surface area contributed by atoms with E-state index in [1.807, 2.05) is 19.1 Å². The summed E-state index contributed by atoms with van der Waals surface area (Å²) >= 11 is 0. The standard InChI is InChI=1S/C19H23FN2O4S/c1-4-26-18-11-5-15(6-12-18)13-21-19(23)14(2)22(27(3,24)25)17-9-7-16(20)8-10-17/h5-12,14H,4,13H2,1-3H3,(H,21,23)/t14-/m0/s1. The van der Waals surface area contributed by atoms with E-state index in [9.17, 15) is 17.6 Å². The van der Waals surface area contributed by atoms with Crippen LogP contribution in [0.2, 0.25) is 0 Å². The van der Waals surface area contributed by atoms with Gasteiger partial charge in [-0.2, -0.15) is 0 Å². The first kappa shape index (κ1) is 20.7. The lowest BCUT2D eigenvalue weighted by atomic mass is 10.2. The molecule has 8 heteroatoms. The second-order valence-corrected chi connectivity index (χ2v) is 7.87. The third kappa shape index (κ3) is 5.68. The van der Waals surface area contributed by atoms with Crippen molar-refractivity contribution in [3.05, 3.63) is 59.9 Å². The molecule has 0 heterocycles. The fourth-order valence-electron chi connectivity index (χ4n) is 2.60. The summed E-state index contributed by atoms with van der Waals surface area (Å²) in [6.07, 6.45) is 1.01. The topological polar surface area (TPSA) is 75.7 Å². The van der Waals surface area contributed by atoms with Crippen LogP contribution in [0.3, 0.4) is 0 Å². The van der Waals surface area contributed by atoms with Gasteiger partial charge in [0.1, 0.15) is 17.6 Å². The summed E-state index contributed by atoms with van der Waals surface area (Å²) in [7, 11) is -3.74. The molecule has 0 aliphatic rings. The Labute approximate surface area is 159 Å². The highest BCUT2D eigenvalue weighted by molar-refractivity contribution is 7.92. The van der Waals surface area contributed by atoms with E-state index >= 15 is 0 Å². The molecule has 27 heavy (non-hydrogen) atoms. The molecule has 6 nitrogen and oxygen atoms in total. The molecule has 146 valence electrons. The number of carbonyl (C=O) groups is 1. The molecule has 0 bridgehead atoms. The smallest absolute Gasteiger partial charge is 0.243 e. The summed E-state index contributed by atoms with van der Waals surface area (Å²) in [5.74, 6) is -0.209. The van der Waals surface area contributed by atoms with Crippen molar-refractivity contribution in [2.24, 2.45) is 0 Å². The van der Waals surface area contributed by atoms with Crippen molar-refractivity contribution in [1.82, 2.24) is 5.32 Å². The lowest BCUT2D eigenvalue weighted by molar-refractivity contribution is -0.122. The third-order valence-corrected chi connectivity index (χ3v) is 5.11. The van der Waals surface area contributed by atoms with Gasteiger partial charge in [-0.05, 0) is 55.8 Å². The van der Waals surface area contributed by atoms with E-state index in [2.05, 4.69) is 5.32 Å². The SMILES string of the molecule is CCOc1ccc(CNC(=O)[C@H](C)N(c2ccc(F)cc2)S(C)(=O)=O)cc1. The molecule has 0 spiro atoms. The molecule has 0 aliphatic heterocycles. The maximum Gasteiger partial charge on any atom is 0.243 e. The van der Waals surface area contributed by atoms with Gasteiger partial charge in [-0.15, -0.1) is 0 Å². The van der Waals surface area contributed by atoms with E-state index in [4.69, 9.17) is 4.74 Å². The molecule has 0 saturated carbocycles. The minimum Gasteiger partial charge on any atom is -0.494 e. The van der Waals surface area contributed by atoms with Gasteiger partial charge in [-0.3, -0.25) is 9.10 Å². The predicted octanol–water partition coefficient (Wildman–Crippen LogP) is 2.70. The second-order valence-electron chi connectivity index (χ2n) is 6.01. The van der Waals surface area contributed by atoms with Crippen molar-refractivity contribution < 1.29 is 22.3 Å². The quantitative estimate of drug-likeness (QED) is 0.747. The van der Waals surface area contributed by atoms with Gasteiger partial charge in [0.15, 0.2) is 0 Å². The monoisotopic (exact) mass is 394 g/mol. The zero-order chi connectivity index (χ0) is 20.0. The summed E-state index contributed by atoms with van der Waals surface area (Å²) in [5, 5.41) is 2.72. The molecular formula is C19H23FN2O4S. The lowest BCUT2D eigenvalue weighted by Gasteiger charge is -2.28. The van der Waals surface area contributed by atoms with E-state index < -0.39 is 27.8 Å². The minimum atomic E-state index is -3.74. The van der Waals surface area contributed by atoms with Crippen LogP contribution in [0.15, 0.2) is 48.5 Å². The van der Waals surface area contributed by atoms with Gasteiger partial charge in [0.2, 0.25) is 15.9 Å². The normalized spacial score (nSPS) is 12.3. The van der Waals surface area contributed by atoms with Gasteiger partial charge in [0, 0.05) is 6.54 Å². The Balaban J connectivity index is 2.09. The maximum absolute atomic E-state index is 13.1. The molecular weight excluding hydrogens is 371 g/mol. The molecule has 0 aromatic heterocycles. The van der Waals surface area contributed by atoms with Crippen LogP contribution in [0, 0.1) is 5.82 Å². The third-order valence-electron chi connectivity index (χ3n) is 3.87. The Morgan fingerprint density at radius 2 is 1.74 bits per heavy atom. The fraction of sp³-hybridized carbons (Fsp3) is 0.316. The van der Waals surface area contributed by atoms with Gasteiger partial charge in [0.25, 0.3) is 0 Å². The highest BCUT2D eigenvalue weighted by Crippen LogP contribution is 2.21. The number of rotatable bonds is 8.